The number of likely N-dealkylation sites (N-methyl/N-ethyl adjacent to an activating group) is 1. The Morgan fingerprint density at radius 1 is 1.29 bits per heavy atom. The minimum absolute atomic E-state index is 0.793. The lowest BCUT2D eigenvalue weighted by Crippen LogP contribution is -2.23. The molecule has 0 radical (unpaired) electrons. The molecule has 14 heavy (non-hydrogen) atoms. The largest absolute Gasteiger partial charge is 0.380 e. The molecule has 1 rings (SSSR count). The molecule has 0 aliphatic rings. The second-order valence-electron chi connectivity index (χ2n) is 3.40. The van der Waals surface area contributed by atoms with Gasteiger partial charge in [-0.25, -0.2) is 0 Å². The molecule has 0 fully saturated rings. The first-order chi connectivity index (χ1) is 6.75. The van der Waals surface area contributed by atoms with Crippen LogP contribution in [0.1, 0.15) is 12.5 Å². The van der Waals surface area contributed by atoms with E-state index in [1.54, 1.807) is 0 Å². The fourth-order valence-electron chi connectivity index (χ4n) is 1.46. The van der Waals surface area contributed by atoms with Gasteiger partial charge in [0.05, 0.1) is 6.61 Å². The van der Waals surface area contributed by atoms with Crippen LogP contribution < -0.4 is 4.90 Å². The van der Waals surface area contributed by atoms with Crippen molar-refractivity contribution in [2.45, 2.75) is 13.8 Å². The number of rotatable bonds is 5. The molecule has 1 aromatic carbocycles. The Morgan fingerprint density at radius 2 is 2.00 bits per heavy atom. The highest BCUT2D eigenvalue weighted by Gasteiger charge is 2.02. The van der Waals surface area contributed by atoms with Crippen LogP contribution in [0, 0.1) is 6.92 Å². The van der Waals surface area contributed by atoms with E-state index in [2.05, 4.69) is 43.1 Å². The highest BCUT2D eigenvalue weighted by Crippen LogP contribution is 2.16. The molecule has 0 heterocycles. The summed E-state index contributed by atoms with van der Waals surface area (Å²) in [4.78, 5) is 2.23. The van der Waals surface area contributed by atoms with E-state index in [4.69, 9.17) is 4.74 Å². The van der Waals surface area contributed by atoms with Gasteiger partial charge in [-0.05, 0) is 25.5 Å². The van der Waals surface area contributed by atoms with Crippen LogP contribution in [0.3, 0.4) is 0 Å². The maximum Gasteiger partial charge on any atom is 0.0641 e. The van der Waals surface area contributed by atoms with Crippen molar-refractivity contribution in [3.05, 3.63) is 29.8 Å². The normalized spacial score (nSPS) is 10.2. The van der Waals surface area contributed by atoms with Crippen molar-refractivity contribution in [2.75, 3.05) is 31.7 Å². The third-order valence-electron chi connectivity index (χ3n) is 2.30. The summed E-state index contributed by atoms with van der Waals surface area (Å²) in [7, 11) is 2.10. The lowest BCUT2D eigenvalue weighted by molar-refractivity contribution is 0.154. The van der Waals surface area contributed by atoms with Crippen molar-refractivity contribution in [3.63, 3.8) is 0 Å². The first-order valence-corrected chi connectivity index (χ1v) is 5.10. The van der Waals surface area contributed by atoms with Gasteiger partial charge in [0.1, 0.15) is 0 Å². The van der Waals surface area contributed by atoms with Crippen LogP contribution in [-0.2, 0) is 4.74 Å². The molecule has 0 amide bonds. The van der Waals surface area contributed by atoms with Crippen LogP contribution >= 0.6 is 0 Å². The van der Waals surface area contributed by atoms with Gasteiger partial charge >= 0.3 is 0 Å². The quantitative estimate of drug-likeness (QED) is 0.666. The van der Waals surface area contributed by atoms with E-state index >= 15 is 0 Å². The summed E-state index contributed by atoms with van der Waals surface area (Å²) in [5, 5.41) is 0. The molecule has 0 spiro atoms. The van der Waals surface area contributed by atoms with Crippen LogP contribution in [0.4, 0.5) is 5.69 Å². The van der Waals surface area contributed by atoms with Crippen LogP contribution in [-0.4, -0.2) is 26.8 Å². The van der Waals surface area contributed by atoms with Crippen molar-refractivity contribution >= 4 is 5.69 Å². The second-order valence-corrected chi connectivity index (χ2v) is 3.40. The molecule has 0 bridgehead atoms. The molecular weight excluding hydrogens is 174 g/mol. The second kappa shape index (κ2) is 5.66. The van der Waals surface area contributed by atoms with Crippen molar-refractivity contribution in [1.29, 1.82) is 0 Å². The summed E-state index contributed by atoms with van der Waals surface area (Å²) in [6.45, 7) is 6.68. The molecule has 0 saturated carbocycles. The zero-order chi connectivity index (χ0) is 10.4. The highest BCUT2D eigenvalue weighted by atomic mass is 16.5. The number of para-hydroxylation sites is 1. The van der Waals surface area contributed by atoms with Gasteiger partial charge in [-0.2, -0.15) is 0 Å². The molecule has 0 aliphatic carbocycles. The molecule has 2 heteroatoms. The number of hydrogen-bond acceptors (Lipinski definition) is 2. The summed E-state index contributed by atoms with van der Waals surface area (Å²) in [5.41, 5.74) is 2.60. The molecule has 0 aliphatic heterocycles. The average Bonchev–Trinajstić information content (AvgIpc) is 2.18. The van der Waals surface area contributed by atoms with Gasteiger partial charge in [0.15, 0.2) is 0 Å². The Labute approximate surface area is 86.5 Å². The molecule has 1 aromatic rings. The maximum absolute atomic E-state index is 5.32. The molecule has 0 atom stereocenters. The van der Waals surface area contributed by atoms with Crippen molar-refractivity contribution < 1.29 is 4.74 Å². The third kappa shape index (κ3) is 3.04. The van der Waals surface area contributed by atoms with Gasteiger partial charge in [0.2, 0.25) is 0 Å². The van der Waals surface area contributed by atoms with E-state index in [0.717, 1.165) is 19.8 Å². The zero-order valence-corrected chi connectivity index (χ0v) is 9.29. The predicted octanol–water partition coefficient (Wildman–Crippen LogP) is 2.47. The first kappa shape index (κ1) is 11.1. The van der Waals surface area contributed by atoms with Gasteiger partial charge in [0, 0.05) is 25.9 Å². The molecule has 0 N–H and O–H groups in total. The fourth-order valence-corrected chi connectivity index (χ4v) is 1.46. The van der Waals surface area contributed by atoms with Gasteiger partial charge in [-0.1, -0.05) is 18.2 Å². The predicted molar refractivity (Wildman–Crippen MR) is 60.9 cm³/mol. The lowest BCUT2D eigenvalue weighted by atomic mass is 10.2. The molecular formula is C12H19NO. The third-order valence-corrected chi connectivity index (χ3v) is 2.30. The maximum atomic E-state index is 5.32. The van der Waals surface area contributed by atoms with Gasteiger partial charge in [-0.15, -0.1) is 0 Å². The van der Waals surface area contributed by atoms with Crippen LogP contribution in [0.2, 0.25) is 0 Å². The Kier molecular flexibility index (Phi) is 4.47. The summed E-state index contributed by atoms with van der Waals surface area (Å²) in [6.07, 6.45) is 0. The van der Waals surface area contributed by atoms with E-state index < -0.39 is 0 Å². The number of benzene rings is 1. The smallest absolute Gasteiger partial charge is 0.0641 e. The molecule has 0 unspecified atom stereocenters. The van der Waals surface area contributed by atoms with E-state index in [1.807, 2.05) is 6.92 Å². The molecule has 0 aromatic heterocycles. The Morgan fingerprint density at radius 3 is 2.64 bits per heavy atom. The minimum atomic E-state index is 0.793. The molecule has 2 nitrogen and oxygen atoms in total. The first-order valence-electron chi connectivity index (χ1n) is 5.10. The van der Waals surface area contributed by atoms with Crippen molar-refractivity contribution in [1.82, 2.24) is 0 Å². The van der Waals surface area contributed by atoms with E-state index in [9.17, 15) is 0 Å². The van der Waals surface area contributed by atoms with Gasteiger partial charge in [-0.3, -0.25) is 0 Å². The average molecular weight is 193 g/mol. The highest BCUT2D eigenvalue weighted by molar-refractivity contribution is 5.52. The van der Waals surface area contributed by atoms with Crippen LogP contribution in [0.15, 0.2) is 24.3 Å². The van der Waals surface area contributed by atoms with E-state index in [0.29, 0.717) is 0 Å². The van der Waals surface area contributed by atoms with Gasteiger partial charge in [0.25, 0.3) is 0 Å². The topological polar surface area (TPSA) is 12.5 Å². The van der Waals surface area contributed by atoms with Crippen molar-refractivity contribution in [3.8, 4) is 0 Å². The van der Waals surface area contributed by atoms with Gasteiger partial charge < -0.3 is 9.64 Å². The fraction of sp³-hybridized carbons (Fsp3) is 0.500. The Bertz CT molecular complexity index is 273. The van der Waals surface area contributed by atoms with Crippen LogP contribution in [0.5, 0.6) is 0 Å². The lowest BCUT2D eigenvalue weighted by Gasteiger charge is -2.20. The number of anilines is 1. The van der Waals surface area contributed by atoms with E-state index in [1.165, 1.54) is 11.3 Å². The van der Waals surface area contributed by atoms with Crippen molar-refractivity contribution in [2.24, 2.45) is 0 Å². The summed E-state index contributed by atoms with van der Waals surface area (Å²) in [5.74, 6) is 0. The Balaban J connectivity index is 2.51. The number of aryl methyl sites for hydroxylation is 1. The number of hydrogen-bond donors (Lipinski definition) is 0. The van der Waals surface area contributed by atoms with Crippen LogP contribution in [0.25, 0.3) is 0 Å². The standard InChI is InChI=1S/C12H19NO/c1-4-14-10-9-13(3)12-8-6-5-7-11(12)2/h5-8H,4,9-10H2,1-3H3. The SMILES string of the molecule is CCOCCN(C)c1ccccc1C. The summed E-state index contributed by atoms with van der Waals surface area (Å²) >= 11 is 0. The summed E-state index contributed by atoms with van der Waals surface area (Å²) < 4.78 is 5.32. The zero-order valence-electron chi connectivity index (χ0n) is 9.29. The molecule has 0 saturated heterocycles. The minimum Gasteiger partial charge on any atom is -0.380 e. The summed E-state index contributed by atoms with van der Waals surface area (Å²) in [6, 6.07) is 8.41. The van der Waals surface area contributed by atoms with E-state index in [-0.39, 0.29) is 0 Å². The monoisotopic (exact) mass is 193 g/mol. The molecule has 78 valence electrons. The number of nitrogens with zero attached hydrogens (tertiary/aromatic N) is 1. The number of ether oxygens (including phenoxy) is 1. The Hall–Kier alpha value is -1.02.